The van der Waals surface area contributed by atoms with Gasteiger partial charge >= 0.3 is 0 Å². The van der Waals surface area contributed by atoms with Crippen molar-refractivity contribution in [3.8, 4) is 23.7 Å². The normalized spacial score (nSPS) is 10.5. The Kier molecular flexibility index (Phi) is 12.9. The van der Waals surface area contributed by atoms with E-state index in [2.05, 4.69) is 29.8 Å². The smallest absolute Gasteiger partial charge is 0.0431 e. The zero-order chi connectivity index (χ0) is 12.6. The van der Waals surface area contributed by atoms with E-state index in [0.717, 1.165) is 25.7 Å². The molecule has 0 aromatic heterocycles. The molecule has 1 heteroatoms. The molecule has 17 heavy (non-hydrogen) atoms. The summed E-state index contributed by atoms with van der Waals surface area (Å²) in [6.45, 7) is 2.22. The average molecular weight is 228 g/mol. The van der Waals surface area contributed by atoms with Crippen LogP contribution in [0.15, 0.2) is 36.5 Å². The minimum Gasteiger partial charge on any atom is -0.396 e. The van der Waals surface area contributed by atoms with Crippen molar-refractivity contribution < 1.29 is 5.11 Å². The Balaban J connectivity index is 3.60. The number of allylic oxidation sites excluding steroid dienone is 6. The number of hydrogen-bond acceptors (Lipinski definition) is 1. The van der Waals surface area contributed by atoms with Gasteiger partial charge in [-0.2, -0.15) is 0 Å². The standard InChI is InChI=1S/C16H20O/c1-2-3-4-5-6-7-8-9-10-11-12-13-14-15-16-17/h2-3,8-11,17H,12-16H2,1H3. The maximum absolute atomic E-state index is 8.58. The first kappa shape index (κ1) is 15.3. The fraction of sp³-hybridized carbons (Fsp3) is 0.375. The van der Waals surface area contributed by atoms with Gasteiger partial charge in [-0.25, -0.2) is 0 Å². The van der Waals surface area contributed by atoms with Crippen molar-refractivity contribution >= 4 is 0 Å². The summed E-state index contributed by atoms with van der Waals surface area (Å²) in [6, 6.07) is 0. The molecule has 0 bridgehead atoms. The highest BCUT2D eigenvalue weighted by Crippen LogP contribution is 1.99. The fourth-order valence-electron chi connectivity index (χ4n) is 1.07. The van der Waals surface area contributed by atoms with Crippen molar-refractivity contribution in [3.05, 3.63) is 36.5 Å². The van der Waals surface area contributed by atoms with Gasteiger partial charge in [0.1, 0.15) is 0 Å². The third-order valence-electron chi connectivity index (χ3n) is 1.91. The van der Waals surface area contributed by atoms with E-state index < -0.39 is 0 Å². The van der Waals surface area contributed by atoms with Crippen LogP contribution in [0.2, 0.25) is 0 Å². The molecule has 0 rings (SSSR count). The first-order valence-corrected chi connectivity index (χ1v) is 5.96. The highest BCUT2D eigenvalue weighted by Gasteiger charge is 1.83. The highest BCUT2D eigenvalue weighted by molar-refractivity contribution is 5.34. The van der Waals surface area contributed by atoms with Crippen molar-refractivity contribution in [1.82, 2.24) is 0 Å². The monoisotopic (exact) mass is 228 g/mol. The van der Waals surface area contributed by atoms with Gasteiger partial charge in [0.2, 0.25) is 0 Å². The van der Waals surface area contributed by atoms with Crippen molar-refractivity contribution in [2.45, 2.75) is 32.6 Å². The molecular formula is C16H20O. The minimum atomic E-state index is 0.299. The van der Waals surface area contributed by atoms with E-state index in [1.165, 1.54) is 0 Å². The van der Waals surface area contributed by atoms with Gasteiger partial charge < -0.3 is 5.11 Å². The predicted octanol–water partition coefficient (Wildman–Crippen LogP) is 3.23. The summed E-state index contributed by atoms with van der Waals surface area (Å²) in [6.07, 6.45) is 15.6. The number of unbranched alkanes of at least 4 members (excludes halogenated alkanes) is 3. The van der Waals surface area contributed by atoms with Crippen LogP contribution in [0.3, 0.4) is 0 Å². The van der Waals surface area contributed by atoms with Crippen LogP contribution < -0.4 is 0 Å². The van der Waals surface area contributed by atoms with E-state index in [4.69, 9.17) is 5.11 Å². The molecule has 0 saturated heterocycles. The molecule has 0 saturated carbocycles. The Labute approximate surface area is 105 Å². The van der Waals surface area contributed by atoms with Gasteiger partial charge in [-0.15, -0.1) is 0 Å². The van der Waals surface area contributed by atoms with Crippen LogP contribution in [0.5, 0.6) is 0 Å². The summed E-state index contributed by atoms with van der Waals surface area (Å²) in [5, 5.41) is 8.58. The lowest BCUT2D eigenvalue weighted by Gasteiger charge is -1.92. The maximum atomic E-state index is 8.58. The molecule has 0 radical (unpaired) electrons. The number of aliphatic hydroxyl groups excluding tert-OH is 1. The van der Waals surface area contributed by atoms with E-state index in [0.29, 0.717) is 6.61 Å². The molecule has 0 aliphatic rings. The first-order chi connectivity index (χ1) is 8.41. The Bertz CT molecular complexity index is 364. The van der Waals surface area contributed by atoms with Gasteiger partial charge in [-0.05, 0) is 50.2 Å². The Morgan fingerprint density at radius 2 is 1.71 bits per heavy atom. The van der Waals surface area contributed by atoms with Crippen molar-refractivity contribution in [3.63, 3.8) is 0 Å². The molecule has 0 heterocycles. The van der Waals surface area contributed by atoms with Gasteiger partial charge in [0, 0.05) is 6.61 Å². The molecule has 0 atom stereocenters. The lowest BCUT2D eigenvalue weighted by atomic mass is 10.2. The molecule has 0 unspecified atom stereocenters. The molecule has 0 aromatic rings. The van der Waals surface area contributed by atoms with Crippen LogP contribution in [0.4, 0.5) is 0 Å². The topological polar surface area (TPSA) is 20.2 Å². The van der Waals surface area contributed by atoms with Crippen LogP contribution in [-0.4, -0.2) is 11.7 Å². The maximum Gasteiger partial charge on any atom is 0.0431 e. The second-order valence-corrected chi connectivity index (χ2v) is 3.40. The van der Waals surface area contributed by atoms with Gasteiger partial charge in [-0.3, -0.25) is 0 Å². The predicted molar refractivity (Wildman–Crippen MR) is 74.2 cm³/mol. The van der Waals surface area contributed by atoms with Gasteiger partial charge in [0.15, 0.2) is 0 Å². The van der Waals surface area contributed by atoms with E-state index >= 15 is 0 Å². The van der Waals surface area contributed by atoms with Crippen molar-refractivity contribution in [2.24, 2.45) is 0 Å². The lowest BCUT2D eigenvalue weighted by Crippen LogP contribution is -1.81. The van der Waals surface area contributed by atoms with E-state index in [1.54, 1.807) is 12.2 Å². The molecule has 0 aromatic carbocycles. The summed E-state index contributed by atoms with van der Waals surface area (Å²) < 4.78 is 0. The SMILES string of the molecule is CC=CC#CC#CC=CC=CCCCCCO. The number of rotatable bonds is 6. The second-order valence-electron chi connectivity index (χ2n) is 3.40. The summed E-state index contributed by atoms with van der Waals surface area (Å²) in [5.74, 6) is 11.1. The minimum absolute atomic E-state index is 0.299. The number of hydrogen-bond donors (Lipinski definition) is 1. The van der Waals surface area contributed by atoms with Gasteiger partial charge in [0.05, 0.1) is 0 Å². The Hall–Kier alpha value is -1.70. The number of aliphatic hydroxyl groups is 1. The summed E-state index contributed by atoms with van der Waals surface area (Å²) in [5.41, 5.74) is 0. The van der Waals surface area contributed by atoms with Crippen LogP contribution in [0.25, 0.3) is 0 Å². The van der Waals surface area contributed by atoms with E-state index in [1.807, 2.05) is 25.2 Å². The van der Waals surface area contributed by atoms with Gasteiger partial charge in [0.25, 0.3) is 0 Å². The largest absolute Gasteiger partial charge is 0.396 e. The molecule has 1 N–H and O–H groups in total. The summed E-state index contributed by atoms with van der Waals surface area (Å²) >= 11 is 0. The van der Waals surface area contributed by atoms with Gasteiger partial charge in [-0.1, -0.05) is 42.6 Å². The molecule has 0 amide bonds. The van der Waals surface area contributed by atoms with Crippen LogP contribution in [-0.2, 0) is 0 Å². The summed E-state index contributed by atoms with van der Waals surface area (Å²) in [4.78, 5) is 0. The molecule has 0 fully saturated rings. The zero-order valence-electron chi connectivity index (χ0n) is 10.4. The lowest BCUT2D eigenvalue weighted by molar-refractivity contribution is 0.283. The third kappa shape index (κ3) is 14.3. The van der Waals surface area contributed by atoms with Crippen molar-refractivity contribution in [1.29, 1.82) is 0 Å². The quantitative estimate of drug-likeness (QED) is 0.420. The van der Waals surface area contributed by atoms with Crippen LogP contribution in [0, 0.1) is 23.7 Å². The Morgan fingerprint density at radius 1 is 0.941 bits per heavy atom. The summed E-state index contributed by atoms with van der Waals surface area (Å²) in [7, 11) is 0. The highest BCUT2D eigenvalue weighted by atomic mass is 16.2. The van der Waals surface area contributed by atoms with E-state index in [-0.39, 0.29) is 0 Å². The second kappa shape index (κ2) is 14.3. The molecule has 0 aliphatic heterocycles. The Morgan fingerprint density at radius 3 is 2.41 bits per heavy atom. The average Bonchev–Trinajstić information content (AvgIpc) is 2.35. The molecular weight excluding hydrogens is 208 g/mol. The molecule has 0 aliphatic carbocycles. The third-order valence-corrected chi connectivity index (χ3v) is 1.91. The fourth-order valence-corrected chi connectivity index (χ4v) is 1.07. The van der Waals surface area contributed by atoms with Crippen LogP contribution >= 0.6 is 0 Å². The molecule has 1 nitrogen and oxygen atoms in total. The molecule has 0 spiro atoms. The van der Waals surface area contributed by atoms with Crippen molar-refractivity contribution in [2.75, 3.05) is 6.61 Å². The van der Waals surface area contributed by atoms with Crippen LogP contribution in [0.1, 0.15) is 32.6 Å². The zero-order valence-corrected chi connectivity index (χ0v) is 10.4. The molecule has 90 valence electrons. The van der Waals surface area contributed by atoms with E-state index in [9.17, 15) is 0 Å². The first-order valence-electron chi connectivity index (χ1n) is 5.96.